The summed E-state index contributed by atoms with van der Waals surface area (Å²) in [6, 6.07) is 7.58. The molecule has 1 aromatic carbocycles. The van der Waals surface area contributed by atoms with Crippen molar-refractivity contribution in [3.05, 3.63) is 35.4 Å². The number of carboxylic acid groups (broad SMARTS) is 1. The molecule has 5 heteroatoms. The highest BCUT2D eigenvalue weighted by atomic mass is 35.7. The highest BCUT2D eigenvalue weighted by molar-refractivity contribution is 7.44. The van der Waals surface area contributed by atoms with Gasteiger partial charge in [-0.05, 0) is 36.7 Å². The molecule has 0 fully saturated rings. The second-order valence-corrected chi connectivity index (χ2v) is 11.8. The molecule has 15 heavy (non-hydrogen) atoms. The van der Waals surface area contributed by atoms with E-state index in [0.29, 0.717) is 5.56 Å². The van der Waals surface area contributed by atoms with E-state index < -0.39 is 12.7 Å². The van der Waals surface area contributed by atoms with Crippen molar-refractivity contribution in [2.75, 3.05) is 0 Å². The summed E-state index contributed by atoms with van der Waals surface area (Å²) in [6.45, 7) is -0.171. The molecule has 82 valence electrons. The predicted molar refractivity (Wildman–Crippen MR) is 65.2 cm³/mol. The fourth-order valence-electron chi connectivity index (χ4n) is 1.18. The van der Waals surface area contributed by atoms with Crippen LogP contribution in [0, 0.1) is 0 Å². The van der Waals surface area contributed by atoms with E-state index in [-0.39, 0.29) is 0 Å². The first-order valence-electron chi connectivity index (χ1n) is 4.58. The van der Waals surface area contributed by atoms with Gasteiger partial charge in [-0.3, -0.25) is 0 Å². The number of rotatable bonds is 4. The summed E-state index contributed by atoms with van der Waals surface area (Å²) in [5, 5.41) is 8.70. The average Bonchev–Trinajstić information content (AvgIpc) is 2.14. The minimum absolute atomic E-state index is 0.301. The van der Waals surface area contributed by atoms with Gasteiger partial charge in [0.05, 0.1) is 5.56 Å². The topological polar surface area (TPSA) is 37.3 Å². The Labute approximate surface area is 99.2 Å². The molecule has 0 unspecified atom stereocenters. The molecule has 0 amide bonds. The number of hydrogen-bond acceptors (Lipinski definition) is 1. The van der Waals surface area contributed by atoms with Crippen LogP contribution in [0.25, 0.3) is 0 Å². The molecule has 0 heterocycles. The van der Waals surface area contributed by atoms with Crippen molar-refractivity contribution in [1.29, 1.82) is 0 Å². The standard InChI is InChI=1S/C10H12Cl2O2Si/c1-15(11,12)7-6-8-2-4-9(5-3-8)10(13)14/h2-5H,6-7H2,1H3,(H,13,14). The maximum Gasteiger partial charge on any atom is 0.335 e. The van der Waals surface area contributed by atoms with Crippen LogP contribution in [-0.2, 0) is 6.42 Å². The van der Waals surface area contributed by atoms with E-state index in [4.69, 9.17) is 27.3 Å². The van der Waals surface area contributed by atoms with Gasteiger partial charge in [0.1, 0.15) is 0 Å². The molecule has 0 aliphatic rings. The quantitative estimate of drug-likeness (QED) is 0.667. The molecule has 0 atom stereocenters. The zero-order valence-electron chi connectivity index (χ0n) is 8.34. The minimum Gasteiger partial charge on any atom is -0.478 e. The van der Waals surface area contributed by atoms with E-state index in [9.17, 15) is 4.79 Å². The molecular weight excluding hydrogens is 251 g/mol. The Kier molecular flexibility index (Phi) is 4.19. The van der Waals surface area contributed by atoms with Gasteiger partial charge in [-0.1, -0.05) is 12.1 Å². The van der Waals surface area contributed by atoms with E-state index >= 15 is 0 Å². The molecule has 0 saturated heterocycles. The van der Waals surface area contributed by atoms with Crippen molar-refractivity contribution in [2.45, 2.75) is 19.0 Å². The Bertz CT molecular complexity index is 343. The Balaban J connectivity index is 2.61. The smallest absolute Gasteiger partial charge is 0.335 e. The van der Waals surface area contributed by atoms with Crippen molar-refractivity contribution >= 4 is 34.8 Å². The van der Waals surface area contributed by atoms with E-state index in [0.717, 1.165) is 18.0 Å². The zero-order chi connectivity index (χ0) is 11.5. The lowest BCUT2D eigenvalue weighted by molar-refractivity contribution is 0.0697. The molecule has 0 saturated carbocycles. The van der Waals surface area contributed by atoms with Crippen molar-refractivity contribution in [3.8, 4) is 0 Å². The SMILES string of the molecule is C[Si](Cl)(Cl)CCc1ccc(C(=O)O)cc1. The summed E-state index contributed by atoms with van der Waals surface area (Å²) >= 11 is 11.9. The van der Waals surface area contributed by atoms with Crippen molar-refractivity contribution < 1.29 is 9.90 Å². The largest absolute Gasteiger partial charge is 0.478 e. The Morgan fingerprint density at radius 3 is 2.27 bits per heavy atom. The number of aryl methyl sites for hydroxylation is 1. The van der Waals surface area contributed by atoms with Crippen LogP contribution >= 0.6 is 22.2 Å². The summed E-state index contributed by atoms with van der Waals surface area (Å²) in [6.07, 6.45) is 0.801. The highest BCUT2D eigenvalue weighted by Crippen LogP contribution is 2.22. The van der Waals surface area contributed by atoms with Crippen LogP contribution in [0.5, 0.6) is 0 Å². The summed E-state index contributed by atoms with van der Waals surface area (Å²) in [5.41, 5.74) is 1.37. The number of benzene rings is 1. The first-order valence-corrected chi connectivity index (χ1v) is 9.31. The lowest BCUT2D eigenvalue weighted by Crippen LogP contribution is -2.13. The highest BCUT2D eigenvalue weighted by Gasteiger charge is 2.20. The van der Waals surface area contributed by atoms with E-state index in [1.807, 2.05) is 6.55 Å². The summed E-state index contributed by atoms with van der Waals surface area (Å²) in [5.74, 6) is -0.907. The lowest BCUT2D eigenvalue weighted by Gasteiger charge is -2.09. The van der Waals surface area contributed by atoms with Gasteiger partial charge >= 0.3 is 5.97 Å². The third kappa shape index (κ3) is 4.69. The van der Waals surface area contributed by atoms with Crippen molar-refractivity contribution in [3.63, 3.8) is 0 Å². The van der Waals surface area contributed by atoms with Crippen LogP contribution in [0.1, 0.15) is 15.9 Å². The molecule has 1 aromatic rings. The molecular formula is C10H12Cl2O2Si. The van der Waals surface area contributed by atoms with Crippen LogP contribution in [0.15, 0.2) is 24.3 Å². The first-order chi connectivity index (χ1) is 6.88. The second kappa shape index (κ2) is 5.01. The summed E-state index contributed by atoms with van der Waals surface area (Å²) < 4.78 is 0. The second-order valence-electron chi connectivity index (χ2n) is 3.57. The van der Waals surface area contributed by atoms with E-state index in [1.54, 1.807) is 24.3 Å². The Morgan fingerprint density at radius 1 is 1.33 bits per heavy atom. The maximum atomic E-state index is 10.6. The maximum absolute atomic E-state index is 10.6. The van der Waals surface area contributed by atoms with Gasteiger partial charge in [0.2, 0.25) is 6.69 Å². The van der Waals surface area contributed by atoms with E-state index in [1.165, 1.54) is 0 Å². The predicted octanol–water partition coefficient (Wildman–Crippen LogP) is 3.48. The minimum atomic E-state index is -2.05. The van der Waals surface area contributed by atoms with Gasteiger partial charge < -0.3 is 5.11 Å². The first kappa shape index (κ1) is 12.6. The molecule has 2 nitrogen and oxygen atoms in total. The Hall–Kier alpha value is -0.513. The fraction of sp³-hybridized carbons (Fsp3) is 0.300. The summed E-state index contributed by atoms with van der Waals surface area (Å²) in [4.78, 5) is 10.6. The van der Waals surface area contributed by atoms with Crippen LogP contribution < -0.4 is 0 Å². The third-order valence-corrected chi connectivity index (χ3v) is 4.32. The molecule has 0 aromatic heterocycles. The molecule has 0 radical (unpaired) electrons. The number of hydrogen-bond donors (Lipinski definition) is 1. The number of carbonyl (C=O) groups is 1. The lowest BCUT2D eigenvalue weighted by atomic mass is 10.1. The van der Waals surface area contributed by atoms with Crippen LogP contribution in [0.3, 0.4) is 0 Å². The Morgan fingerprint density at radius 2 is 1.87 bits per heavy atom. The van der Waals surface area contributed by atoms with Gasteiger partial charge in [0.25, 0.3) is 0 Å². The zero-order valence-corrected chi connectivity index (χ0v) is 10.8. The van der Waals surface area contributed by atoms with E-state index in [2.05, 4.69) is 0 Å². The monoisotopic (exact) mass is 262 g/mol. The van der Waals surface area contributed by atoms with Gasteiger partial charge in [0, 0.05) is 0 Å². The van der Waals surface area contributed by atoms with Crippen molar-refractivity contribution in [2.24, 2.45) is 0 Å². The molecule has 1 rings (SSSR count). The number of aromatic carboxylic acids is 1. The van der Waals surface area contributed by atoms with Crippen LogP contribution in [-0.4, -0.2) is 17.8 Å². The average molecular weight is 263 g/mol. The van der Waals surface area contributed by atoms with Gasteiger partial charge in [0.15, 0.2) is 0 Å². The molecule has 0 bridgehead atoms. The van der Waals surface area contributed by atoms with Crippen LogP contribution in [0.4, 0.5) is 0 Å². The molecule has 0 spiro atoms. The number of carboxylic acids is 1. The van der Waals surface area contributed by atoms with Gasteiger partial charge in [-0.15, -0.1) is 22.2 Å². The van der Waals surface area contributed by atoms with Crippen molar-refractivity contribution in [1.82, 2.24) is 0 Å². The normalized spacial score (nSPS) is 11.4. The third-order valence-electron chi connectivity index (χ3n) is 2.05. The van der Waals surface area contributed by atoms with Crippen LogP contribution in [0.2, 0.25) is 12.6 Å². The fourth-order valence-corrected chi connectivity index (χ4v) is 2.47. The van der Waals surface area contributed by atoms with Gasteiger partial charge in [-0.25, -0.2) is 4.79 Å². The molecule has 0 aliphatic carbocycles. The van der Waals surface area contributed by atoms with Gasteiger partial charge in [-0.2, -0.15) is 0 Å². The summed E-state index contributed by atoms with van der Waals surface area (Å²) in [7, 11) is 0. The molecule has 1 N–H and O–H groups in total. The molecule has 0 aliphatic heterocycles. The number of halogens is 2.